The number of aliphatic hydroxyl groups excluding tert-OH is 1. The number of hydrogen-bond donors (Lipinski definition) is 2. The monoisotopic (exact) mass is 477 g/mol. The molecule has 1 amide bonds. The Bertz CT molecular complexity index is 1050. The number of nitrogens with zero attached hydrogens (tertiary/aromatic N) is 1. The first-order valence-corrected chi connectivity index (χ1v) is 13.5. The first-order valence-electron chi connectivity index (χ1n) is 13.5. The standard InChI is InChI=1S/C30H40N2O3/c1-30-18-27(20-6-10-23(11-7-20)32(2,3)31-19-34)29-25-14-12-24(35)17-21(25)8-13-26(29)28(30)15-9-22(30)5-4-16-33/h6-7,10-11,17,19,22,26-28,33H,4-5,8-9,12-16,18H2,1-3H3/p+1/t22-,26-,27?,28-,30+/m0/s1. The molecule has 2 N–H and O–H groups in total. The van der Waals surface area contributed by atoms with Crippen LogP contribution in [0.2, 0.25) is 0 Å². The molecule has 5 nitrogen and oxygen atoms in total. The summed E-state index contributed by atoms with van der Waals surface area (Å²) in [6.07, 6.45) is 12.2. The summed E-state index contributed by atoms with van der Waals surface area (Å²) in [7, 11) is 3.94. The molecule has 5 atom stereocenters. The van der Waals surface area contributed by atoms with E-state index in [1.165, 1.54) is 29.6 Å². The fourth-order valence-electron chi connectivity index (χ4n) is 8.16. The predicted octanol–water partition coefficient (Wildman–Crippen LogP) is 5.20. The van der Waals surface area contributed by atoms with Crippen LogP contribution < -0.4 is 10.0 Å². The van der Waals surface area contributed by atoms with Gasteiger partial charge in [0.05, 0.1) is 14.1 Å². The van der Waals surface area contributed by atoms with Gasteiger partial charge < -0.3 is 5.11 Å². The van der Waals surface area contributed by atoms with Crippen LogP contribution in [0.1, 0.15) is 76.2 Å². The minimum Gasteiger partial charge on any atom is -0.396 e. The fourth-order valence-corrected chi connectivity index (χ4v) is 8.16. The minimum atomic E-state index is 0.284. The van der Waals surface area contributed by atoms with Gasteiger partial charge in [-0.1, -0.05) is 24.6 Å². The Balaban J connectivity index is 1.58. The Morgan fingerprint density at radius 3 is 2.60 bits per heavy atom. The molecule has 188 valence electrons. The zero-order valence-electron chi connectivity index (χ0n) is 21.6. The van der Waals surface area contributed by atoms with Crippen LogP contribution in [0.5, 0.6) is 0 Å². The van der Waals surface area contributed by atoms with E-state index in [0.717, 1.165) is 50.6 Å². The van der Waals surface area contributed by atoms with Gasteiger partial charge >= 0.3 is 0 Å². The number of benzene rings is 1. The highest BCUT2D eigenvalue weighted by atomic mass is 16.3. The van der Waals surface area contributed by atoms with E-state index in [1.807, 2.05) is 20.2 Å². The topological polar surface area (TPSA) is 66.4 Å². The van der Waals surface area contributed by atoms with Crippen molar-refractivity contribution in [2.45, 2.75) is 70.6 Å². The van der Waals surface area contributed by atoms with Crippen molar-refractivity contribution in [1.29, 1.82) is 0 Å². The van der Waals surface area contributed by atoms with E-state index in [0.29, 0.717) is 34.7 Å². The zero-order valence-corrected chi connectivity index (χ0v) is 21.6. The van der Waals surface area contributed by atoms with E-state index >= 15 is 0 Å². The van der Waals surface area contributed by atoms with E-state index in [1.54, 1.807) is 5.57 Å². The molecule has 0 bridgehead atoms. The first kappa shape index (κ1) is 24.5. The lowest BCUT2D eigenvalue weighted by molar-refractivity contribution is -0.115. The maximum atomic E-state index is 12.2. The number of rotatable bonds is 7. The van der Waals surface area contributed by atoms with Gasteiger partial charge in [0.25, 0.3) is 6.41 Å². The lowest BCUT2D eigenvalue weighted by atomic mass is 9.51. The summed E-state index contributed by atoms with van der Waals surface area (Å²) in [4.78, 5) is 23.3. The minimum absolute atomic E-state index is 0.284. The number of amides is 1. The average molecular weight is 478 g/mol. The van der Waals surface area contributed by atoms with Crippen molar-refractivity contribution in [3.8, 4) is 0 Å². The number of aliphatic hydroxyl groups is 1. The van der Waals surface area contributed by atoms with Crippen molar-refractivity contribution in [3.05, 3.63) is 52.6 Å². The summed E-state index contributed by atoms with van der Waals surface area (Å²) in [6, 6.07) is 8.85. The Morgan fingerprint density at radius 1 is 1.11 bits per heavy atom. The fraction of sp³-hybridized carbons (Fsp3) is 0.600. The van der Waals surface area contributed by atoms with Crippen LogP contribution in [0.4, 0.5) is 5.69 Å². The molecule has 1 aromatic rings. The third kappa shape index (κ3) is 4.21. The van der Waals surface area contributed by atoms with Gasteiger partial charge in [-0.2, -0.15) is 4.59 Å². The summed E-state index contributed by atoms with van der Waals surface area (Å²) < 4.78 is 0.309. The van der Waals surface area contributed by atoms with Gasteiger partial charge in [-0.05, 0) is 97.3 Å². The molecule has 0 radical (unpaired) electrons. The van der Waals surface area contributed by atoms with Crippen molar-refractivity contribution in [2.75, 3.05) is 20.7 Å². The molecule has 0 heterocycles. The van der Waals surface area contributed by atoms with Crippen LogP contribution in [0.15, 0.2) is 47.1 Å². The lowest BCUT2D eigenvalue weighted by Gasteiger charge is -2.53. The molecule has 4 aliphatic carbocycles. The molecule has 1 unspecified atom stereocenters. The summed E-state index contributed by atoms with van der Waals surface area (Å²) >= 11 is 0. The van der Waals surface area contributed by atoms with E-state index in [4.69, 9.17) is 0 Å². The van der Waals surface area contributed by atoms with Gasteiger partial charge in [0.15, 0.2) is 11.5 Å². The van der Waals surface area contributed by atoms with Crippen LogP contribution in [0.25, 0.3) is 0 Å². The van der Waals surface area contributed by atoms with Crippen molar-refractivity contribution >= 4 is 17.9 Å². The highest BCUT2D eigenvalue weighted by molar-refractivity contribution is 5.93. The third-order valence-electron chi connectivity index (χ3n) is 9.95. The van der Waals surface area contributed by atoms with Crippen molar-refractivity contribution in [1.82, 2.24) is 10.0 Å². The second kappa shape index (κ2) is 9.33. The first-order chi connectivity index (χ1) is 16.8. The van der Waals surface area contributed by atoms with Gasteiger partial charge in [-0.3, -0.25) is 9.59 Å². The molecule has 0 aromatic heterocycles. The normalized spacial score (nSPS) is 32.5. The molecule has 5 rings (SSSR count). The van der Waals surface area contributed by atoms with Crippen LogP contribution in [-0.2, 0) is 9.59 Å². The Hall–Kier alpha value is -2.24. The van der Waals surface area contributed by atoms with Gasteiger partial charge in [0.2, 0.25) is 0 Å². The number of allylic oxidation sites excluding steroid dienone is 4. The van der Waals surface area contributed by atoms with Crippen molar-refractivity contribution in [3.63, 3.8) is 0 Å². The Labute approximate surface area is 209 Å². The van der Waals surface area contributed by atoms with Crippen LogP contribution in [0, 0.1) is 23.2 Å². The molecular formula is C30H41N2O3+. The molecule has 35 heavy (non-hydrogen) atoms. The largest absolute Gasteiger partial charge is 0.396 e. The third-order valence-corrected chi connectivity index (χ3v) is 9.95. The second-order valence-corrected chi connectivity index (χ2v) is 12.0. The Morgan fingerprint density at radius 2 is 1.89 bits per heavy atom. The van der Waals surface area contributed by atoms with E-state index in [2.05, 4.69) is 36.6 Å². The molecule has 5 heteroatoms. The predicted molar refractivity (Wildman–Crippen MR) is 139 cm³/mol. The lowest BCUT2D eigenvalue weighted by Crippen LogP contribution is -2.52. The number of carbonyl (C=O) groups is 2. The highest BCUT2D eigenvalue weighted by Gasteiger charge is 2.56. The van der Waals surface area contributed by atoms with Crippen molar-refractivity contribution in [2.24, 2.45) is 23.2 Å². The van der Waals surface area contributed by atoms with E-state index < -0.39 is 0 Å². The summed E-state index contributed by atoms with van der Waals surface area (Å²) in [5, 5.41) is 9.54. The molecule has 1 aromatic carbocycles. The van der Waals surface area contributed by atoms with Crippen LogP contribution in [0.3, 0.4) is 0 Å². The Kier molecular flexibility index (Phi) is 6.52. The molecule has 0 spiro atoms. The number of hydrogen-bond acceptors (Lipinski definition) is 3. The van der Waals surface area contributed by atoms with E-state index in [9.17, 15) is 14.7 Å². The maximum absolute atomic E-state index is 12.2. The number of ketones is 1. The van der Waals surface area contributed by atoms with Gasteiger partial charge in [-0.15, -0.1) is 0 Å². The second-order valence-electron chi connectivity index (χ2n) is 12.0. The molecule has 0 aliphatic heterocycles. The maximum Gasteiger partial charge on any atom is 0.253 e. The van der Waals surface area contributed by atoms with E-state index in [-0.39, 0.29) is 17.8 Å². The highest BCUT2D eigenvalue weighted by Crippen LogP contribution is 2.66. The quantitative estimate of drug-likeness (QED) is 0.322. The summed E-state index contributed by atoms with van der Waals surface area (Å²) in [6.45, 7) is 2.82. The van der Waals surface area contributed by atoms with Gasteiger partial charge in [0.1, 0.15) is 0 Å². The molecule has 2 fully saturated rings. The molecular weight excluding hydrogens is 436 g/mol. The summed E-state index contributed by atoms with van der Waals surface area (Å²) in [5.41, 5.74) is 10.00. The average Bonchev–Trinajstić information content (AvgIpc) is 3.17. The smallest absolute Gasteiger partial charge is 0.253 e. The number of carbonyl (C=O) groups excluding carboxylic acids is 2. The summed E-state index contributed by atoms with van der Waals surface area (Å²) in [5.74, 6) is 2.63. The van der Waals surface area contributed by atoms with Crippen molar-refractivity contribution < 1.29 is 14.7 Å². The van der Waals surface area contributed by atoms with Gasteiger partial charge in [0, 0.05) is 31.1 Å². The SMILES string of the molecule is C[C@]12CC(c3ccc([N+](C)(C)NC=O)cc3)C3=C4CCC(=O)C=C4CC[C@H]3[C@@H]1CC[C@@H]2CCCO. The number of quaternary nitrogens is 1. The molecule has 2 saturated carbocycles. The number of fused-ring (bicyclic) bond motifs is 4. The zero-order chi connectivity index (χ0) is 24.8. The number of nitrogens with one attached hydrogen (secondary N) is 1. The van der Waals surface area contributed by atoms with Crippen LogP contribution >= 0.6 is 0 Å². The van der Waals surface area contributed by atoms with Gasteiger partial charge in [-0.25, -0.2) is 5.43 Å². The van der Waals surface area contributed by atoms with Crippen LogP contribution in [-0.4, -0.2) is 38.0 Å². The molecule has 4 aliphatic rings. The molecule has 0 saturated heterocycles.